The molecule has 0 aliphatic heterocycles. The molecule has 5 heteroatoms. The zero-order chi connectivity index (χ0) is 11.3. The van der Waals surface area contributed by atoms with Gasteiger partial charge in [-0.2, -0.15) is 0 Å². The summed E-state index contributed by atoms with van der Waals surface area (Å²) in [4.78, 5) is 0.0420. The van der Waals surface area contributed by atoms with Crippen LogP contribution in [0.5, 0.6) is 0 Å². The van der Waals surface area contributed by atoms with Crippen LogP contribution >= 0.6 is 0 Å². The lowest BCUT2D eigenvalue weighted by atomic mass is 10.4. The molecule has 0 atom stereocenters. The third kappa shape index (κ3) is 3.60. The van der Waals surface area contributed by atoms with E-state index in [4.69, 9.17) is 0 Å². The number of rotatable bonds is 5. The number of hydrogen-bond acceptors (Lipinski definition) is 3. The fourth-order valence-electron chi connectivity index (χ4n) is 1.16. The van der Waals surface area contributed by atoms with Crippen molar-refractivity contribution in [2.24, 2.45) is 0 Å². The van der Waals surface area contributed by atoms with E-state index >= 15 is 0 Å². The monoisotopic (exact) mass is 231 g/mol. The predicted molar refractivity (Wildman–Crippen MR) is 57.0 cm³/mol. The van der Waals surface area contributed by atoms with E-state index in [1.807, 2.05) is 6.92 Å². The molecule has 1 N–H and O–H groups in total. The minimum atomic E-state index is -3.36. The fraction of sp³-hybridized carbons (Fsp3) is 0.400. The highest BCUT2D eigenvalue weighted by Crippen LogP contribution is 2.11. The second-order valence-electron chi connectivity index (χ2n) is 3.13. The van der Waals surface area contributed by atoms with Crippen molar-refractivity contribution in [3.63, 3.8) is 0 Å². The Kier molecular flexibility index (Phi) is 4.23. The molecule has 1 rings (SSSR count). The number of halogens is 1. The van der Waals surface area contributed by atoms with Gasteiger partial charge < -0.3 is 5.32 Å². The van der Waals surface area contributed by atoms with Crippen LogP contribution in [-0.4, -0.2) is 27.3 Å². The van der Waals surface area contributed by atoms with E-state index < -0.39 is 15.7 Å². The van der Waals surface area contributed by atoms with Gasteiger partial charge >= 0.3 is 0 Å². The van der Waals surface area contributed by atoms with Gasteiger partial charge in [0, 0.05) is 6.54 Å². The first-order chi connectivity index (χ1) is 7.06. The van der Waals surface area contributed by atoms with Crippen molar-refractivity contribution in [2.45, 2.75) is 11.8 Å². The van der Waals surface area contributed by atoms with Gasteiger partial charge in [-0.15, -0.1) is 0 Å². The van der Waals surface area contributed by atoms with Crippen molar-refractivity contribution < 1.29 is 12.8 Å². The first-order valence-electron chi connectivity index (χ1n) is 4.75. The van der Waals surface area contributed by atoms with Gasteiger partial charge in [0.1, 0.15) is 5.82 Å². The Hall–Kier alpha value is -0.940. The highest BCUT2D eigenvalue weighted by atomic mass is 32.2. The molecule has 0 radical (unpaired) electrons. The van der Waals surface area contributed by atoms with Gasteiger partial charge in [0.2, 0.25) is 0 Å². The Morgan fingerprint density at radius 3 is 2.73 bits per heavy atom. The maximum Gasteiger partial charge on any atom is 0.179 e. The topological polar surface area (TPSA) is 46.2 Å². The van der Waals surface area contributed by atoms with Crippen LogP contribution in [0.1, 0.15) is 6.92 Å². The van der Waals surface area contributed by atoms with Gasteiger partial charge in [0.05, 0.1) is 10.6 Å². The summed E-state index contributed by atoms with van der Waals surface area (Å²) in [7, 11) is -3.36. The van der Waals surface area contributed by atoms with Crippen LogP contribution in [0, 0.1) is 5.82 Å². The van der Waals surface area contributed by atoms with Gasteiger partial charge in [-0.05, 0) is 24.7 Å². The van der Waals surface area contributed by atoms with Crippen molar-refractivity contribution in [3.8, 4) is 0 Å². The van der Waals surface area contributed by atoms with Gasteiger partial charge in [-0.25, -0.2) is 12.8 Å². The molecule has 0 spiro atoms. The molecule has 0 amide bonds. The molecule has 3 nitrogen and oxygen atoms in total. The standard InChI is InChI=1S/C10H14FNO2S/c1-2-12-6-7-15(13,14)10-5-3-4-9(11)8-10/h3-5,8,12H,2,6-7H2,1H3. The van der Waals surface area contributed by atoms with E-state index in [1.54, 1.807) is 0 Å². The number of benzene rings is 1. The van der Waals surface area contributed by atoms with Gasteiger partial charge in [-0.1, -0.05) is 13.0 Å². The van der Waals surface area contributed by atoms with E-state index in [-0.39, 0.29) is 10.6 Å². The third-order valence-electron chi connectivity index (χ3n) is 1.95. The van der Waals surface area contributed by atoms with Gasteiger partial charge in [0.15, 0.2) is 9.84 Å². The van der Waals surface area contributed by atoms with Crippen molar-refractivity contribution in [3.05, 3.63) is 30.1 Å². The summed E-state index contributed by atoms with van der Waals surface area (Å²) in [6.45, 7) is 3.00. The second kappa shape index (κ2) is 5.23. The van der Waals surface area contributed by atoms with Crippen LogP contribution in [0.4, 0.5) is 4.39 Å². The van der Waals surface area contributed by atoms with Crippen molar-refractivity contribution in [1.82, 2.24) is 5.32 Å². The Balaban J connectivity index is 2.77. The van der Waals surface area contributed by atoms with Crippen molar-refractivity contribution in [2.75, 3.05) is 18.8 Å². The highest BCUT2D eigenvalue weighted by molar-refractivity contribution is 7.91. The summed E-state index contributed by atoms with van der Waals surface area (Å²) in [5, 5.41) is 2.92. The summed E-state index contributed by atoms with van der Waals surface area (Å²) < 4.78 is 36.1. The highest BCUT2D eigenvalue weighted by Gasteiger charge is 2.13. The molecule has 84 valence electrons. The summed E-state index contributed by atoms with van der Waals surface area (Å²) in [5.74, 6) is -0.538. The number of hydrogen-bond donors (Lipinski definition) is 1. The predicted octanol–water partition coefficient (Wildman–Crippen LogP) is 1.21. The molecular weight excluding hydrogens is 217 g/mol. The molecule has 0 unspecified atom stereocenters. The van der Waals surface area contributed by atoms with Crippen LogP contribution < -0.4 is 5.32 Å². The van der Waals surface area contributed by atoms with E-state index in [0.717, 1.165) is 12.6 Å². The molecule has 0 saturated heterocycles. The van der Waals surface area contributed by atoms with E-state index in [0.29, 0.717) is 6.54 Å². The summed E-state index contributed by atoms with van der Waals surface area (Å²) in [6.07, 6.45) is 0. The minimum Gasteiger partial charge on any atom is -0.316 e. The van der Waals surface area contributed by atoms with Gasteiger partial charge in [0.25, 0.3) is 0 Å². The first-order valence-corrected chi connectivity index (χ1v) is 6.40. The molecule has 0 aromatic heterocycles. The number of sulfone groups is 1. The third-order valence-corrected chi connectivity index (χ3v) is 3.67. The maximum absolute atomic E-state index is 12.8. The minimum absolute atomic E-state index is 0.00963. The lowest BCUT2D eigenvalue weighted by molar-refractivity contribution is 0.587. The zero-order valence-electron chi connectivity index (χ0n) is 8.53. The number of nitrogens with one attached hydrogen (secondary N) is 1. The van der Waals surface area contributed by atoms with Crippen LogP contribution in [0.2, 0.25) is 0 Å². The fourth-order valence-corrected chi connectivity index (χ4v) is 2.39. The molecule has 1 aromatic rings. The lowest BCUT2D eigenvalue weighted by Gasteiger charge is -2.04. The first kappa shape index (κ1) is 12.1. The molecule has 0 saturated carbocycles. The van der Waals surface area contributed by atoms with Crippen molar-refractivity contribution >= 4 is 9.84 Å². The Bertz CT molecular complexity index is 417. The molecule has 0 heterocycles. The quantitative estimate of drug-likeness (QED) is 0.775. The molecule has 1 aromatic carbocycles. The maximum atomic E-state index is 12.8. The zero-order valence-corrected chi connectivity index (χ0v) is 9.35. The van der Waals surface area contributed by atoms with Gasteiger partial charge in [-0.3, -0.25) is 0 Å². The molecule has 0 aliphatic rings. The van der Waals surface area contributed by atoms with Crippen LogP contribution in [-0.2, 0) is 9.84 Å². The van der Waals surface area contributed by atoms with Crippen LogP contribution in [0.3, 0.4) is 0 Å². The Morgan fingerprint density at radius 2 is 2.13 bits per heavy atom. The molecule has 0 fully saturated rings. The average Bonchev–Trinajstić information content (AvgIpc) is 2.18. The summed E-state index contributed by atoms with van der Waals surface area (Å²) in [5.41, 5.74) is 0. The summed E-state index contributed by atoms with van der Waals surface area (Å²) >= 11 is 0. The smallest absolute Gasteiger partial charge is 0.179 e. The SMILES string of the molecule is CCNCCS(=O)(=O)c1cccc(F)c1. The Labute approximate surface area is 89.2 Å². The van der Waals surface area contributed by atoms with E-state index in [2.05, 4.69) is 5.32 Å². The molecule has 15 heavy (non-hydrogen) atoms. The van der Waals surface area contributed by atoms with Crippen LogP contribution in [0.25, 0.3) is 0 Å². The van der Waals surface area contributed by atoms with Crippen molar-refractivity contribution in [1.29, 1.82) is 0 Å². The normalized spacial score (nSPS) is 11.6. The van der Waals surface area contributed by atoms with E-state index in [1.165, 1.54) is 18.2 Å². The second-order valence-corrected chi connectivity index (χ2v) is 5.24. The molecule has 0 aliphatic carbocycles. The molecular formula is C10H14FNO2S. The van der Waals surface area contributed by atoms with E-state index in [9.17, 15) is 12.8 Å². The summed E-state index contributed by atoms with van der Waals surface area (Å²) in [6, 6.07) is 5.07. The largest absolute Gasteiger partial charge is 0.316 e. The molecule has 0 bridgehead atoms. The lowest BCUT2D eigenvalue weighted by Crippen LogP contribution is -2.22. The Morgan fingerprint density at radius 1 is 1.40 bits per heavy atom. The average molecular weight is 231 g/mol. The van der Waals surface area contributed by atoms with Crippen LogP contribution in [0.15, 0.2) is 29.2 Å².